The lowest BCUT2D eigenvalue weighted by Gasteiger charge is -2.24. The van der Waals surface area contributed by atoms with Gasteiger partial charge in [0, 0.05) is 14.7 Å². The van der Waals surface area contributed by atoms with E-state index in [1.807, 2.05) is 0 Å². The van der Waals surface area contributed by atoms with E-state index in [-0.39, 0.29) is 24.9 Å². The van der Waals surface area contributed by atoms with Gasteiger partial charge < -0.3 is 0 Å². The summed E-state index contributed by atoms with van der Waals surface area (Å²) in [6.07, 6.45) is 0. The molecule has 26 heavy (non-hydrogen) atoms. The standard InChI is InChI=1S/C12H4Cl4O6S4/c13-3-1-2-4-8(5(3)14)24-9-6(15)7(16)11(25(17,18)19)12(10(9)23-4)26(20,21)22/h1-2H,(H,17,18,19)(H,20,21,22). The monoisotopic (exact) mass is 512 g/mol. The third-order valence-corrected chi connectivity index (χ3v) is 9.93. The van der Waals surface area contributed by atoms with Crippen molar-refractivity contribution in [2.45, 2.75) is 29.4 Å². The number of benzene rings is 2. The zero-order valence-corrected chi connectivity index (χ0v) is 18.1. The average Bonchev–Trinajstić information content (AvgIpc) is 2.51. The first kappa shape index (κ1) is 20.8. The molecule has 14 heteroatoms. The van der Waals surface area contributed by atoms with Crippen molar-refractivity contribution in [2.24, 2.45) is 0 Å². The summed E-state index contributed by atoms with van der Waals surface area (Å²) < 4.78 is 66.1. The number of hydrogen-bond acceptors (Lipinski definition) is 6. The van der Waals surface area contributed by atoms with Crippen molar-refractivity contribution in [1.82, 2.24) is 0 Å². The van der Waals surface area contributed by atoms with Gasteiger partial charge in [-0.25, -0.2) is 0 Å². The summed E-state index contributed by atoms with van der Waals surface area (Å²) in [5.74, 6) is 0. The summed E-state index contributed by atoms with van der Waals surface area (Å²) in [7, 11) is -10.2. The van der Waals surface area contributed by atoms with Crippen LogP contribution in [0.25, 0.3) is 0 Å². The molecule has 0 amide bonds. The molecule has 0 atom stereocenters. The normalized spacial score (nSPS) is 14.1. The molecule has 0 aromatic heterocycles. The van der Waals surface area contributed by atoms with Gasteiger partial charge in [-0.3, -0.25) is 9.11 Å². The first-order chi connectivity index (χ1) is 11.8. The zero-order chi connectivity index (χ0) is 19.6. The third-order valence-electron chi connectivity index (χ3n) is 3.16. The van der Waals surface area contributed by atoms with E-state index in [1.54, 1.807) is 0 Å². The Balaban J connectivity index is 2.46. The lowest BCUT2D eigenvalue weighted by atomic mass is 10.3. The molecule has 0 aliphatic carbocycles. The quantitative estimate of drug-likeness (QED) is 0.438. The highest BCUT2D eigenvalue weighted by molar-refractivity contribution is 8.05. The second-order valence-electron chi connectivity index (χ2n) is 4.79. The first-order valence-electron chi connectivity index (χ1n) is 6.17. The summed E-state index contributed by atoms with van der Waals surface area (Å²) in [6, 6.07) is 3.00. The van der Waals surface area contributed by atoms with Gasteiger partial charge in [0.25, 0.3) is 20.2 Å². The maximum Gasteiger partial charge on any atom is 0.297 e. The van der Waals surface area contributed by atoms with Gasteiger partial charge in [-0.1, -0.05) is 69.9 Å². The van der Waals surface area contributed by atoms with E-state index < -0.39 is 35.0 Å². The van der Waals surface area contributed by atoms with Crippen molar-refractivity contribution in [3.8, 4) is 0 Å². The minimum Gasteiger partial charge on any atom is -0.282 e. The number of hydrogen-bond donors (Lipinski definition) is 2. The summed E-state index contributed by atoms with van der Waals surface area (Å²) in [4.78, 5) is -1.50. The molecule has 0 fully saturated rings. The van der Waals surface area contributed by atoms with Crippen LogP contribution in [0.1, 0.15) is 0 Å². The number of rotatable bonds is 2. The number of halogens is 4. The predicted molar refractivity (Wildman–Crippen MR) is 101 cm³/mol. The van der Waals surface area contributed by atoms with Crippen LogP contribution >= 0.6 is 69.9 Å². The Hall–Kier alpha value is 0.120. The van der Waals surface area contributed by atoms with Crippen LogP contribution in [-0.2, 0) is 20.2 Å². The van der Waals surface area contributed by atoms with Crippen LogP contribution in [0.3, 0.4) is 0 Å². The fraction of sp³-hybridized carbons (Fsp3) is 0. The average molecular weight is 514 g/mol. The summed E-state index contributed by atoms with van der Waals surface area (Å²) in [6.45, 7) is 0. The van der Waals surface area contributed by atoms with Crippen molar-refractivity contribution < 1.29 is 25.9 Å². The summed E-state index contributed by atoms with van der Waals surface area (Å²) in [5, 5.41) is -0.628. The Morgan fingerprint density at radius 1 is 0.692 bits per heavy atom. The van der Waals surface area contributed by atoms with Crippen molar-refractivity contribution in [1.29, 1.82) is 0 Å². The van der Waals surface area contributed by atoms with Gasteiger partial charge >= 0.3 is 0 Å². The first-order valence-corrected chi connectivity index (χ1v) is 12.2. The molecule has 0 unspecified atom stereocenters. The van der Waals surface area contributed by atoms with Crippen LogP contribution in [0.5, 0.6) is 0 Å². The molecule has 3 rings (SSSR count). The lowest BCUT2D eigenvalue weighted by molar-refractivity contribution is 0.463. The lowest BCUT2D eigenvalue weighted by Crippen LogP contribution is -2.13. The molecular weight excluding hydrogens is 510 g/mol. The largest absolute Gasteiger partial charge is 0.297 e. The molecule has 140 valence electrons. The van der Waals surface area contributed by atoms with E-state index in [2.05, 4.69) is 0 Å². The molecule has 2 aromatic carbocycles. The highest BCUT2D eigenvalue weighted by atomic mass is 35.5. The molecule has 0 radical (unpaired) electrons. The Kier molecular flexibility index (Phi) is 5.51. The minimum atomic E-state index is -5.12. The van der Waals surface area contributed by atoms with Crippen LogP contribution in [0.4, 0.5) is 0 Å². The summed E-state index contributed by atoms with van der Waals surface area (Å²) >= 11 is 25.8. The van der Waals surface area contributed by atoms with Crippen molar-refractivity contribution >= 4 is 90.2 Å². The minimum absolute atomic E-state index is 0.0540. The Bertz CT molecular complexity index is 1180. The van der Waals surface area contributed by atoms with E-state index >= 15 is 0 Å². The van der Waals surface area contributed by atoms with Gasteiger partial charge in [0.15, 0.2) is 0 Å². The van der Waals surface area contributed by atoms with E-state index in [1.165, 1.54) is 12.1 Å². The van der Waals surface area contributed by atoms with Gasteiger partial charge in [-0.2, -0.15) is 16.8 Å². The smallest absolute Gasteiger partial charge is 0.282 e. The molecule has 6 nitrogen and oxygen atoms in total. The van der Waals surface area contributed by atoms with Gasteiger partial charge in [-0.05, 0) is 12.1 Å². The molecule has 1 aliphatic heterocycles. The predicted octanol–water partition coefficient (Wildman–Crippen LogP) is 5.41. The molecule has 0 saturated carbocycles. The van der Waals surface area contributed by atoms with Gasteiger partial charge in [0.05, 0.1) is 25.0 Å². The molecule has 1 heterocycles. The molecule has 2 aromatic rings. The summed E-state index contributed by atoms with van der Waals surface area (Å²) in [5.41, 5.74) is 0. The van der Waals surface area contributed by atoms with Crippen LogP contribution in [0.2, 0.25) is 20.1 Å². The van der Waals surface area contributed by atoms with Crippen molar-refractivity contribution in [3.63, 3.8) is 0 Å². The molecular formula is C12H4Cl4O6S4. The van der Waals surface area contributed by atoms with Crippen molar-refractivity contribution in [2.75, 3.05) is 0 Å². The maximum atomic E-state index is 11.9. The second-order valence-corrected chi connectivity index (χ2v) is 11.1. The topological polar surface area (TPSA) is 109 Å². The van der Waals surface area contributed by atoms with E-state index in [0.717, 1.165) is 23.5 Å². The molecule has 1 aliphatic rings. The molecule has 2 N–H and O–H groups in total. The Labute approximate surface area is 176 Å². The second kappa shape index (κ2) is 6.87. The third kappa shape index (κ3) is 3.45. The van der Waals surface area contributed by atoms with Gasteiger partial charge in [0.2, 0.25) is 0 Å². The fourth-order valence-corrected chi connectivity index (χ4v) is 8.65. The van der Waals surface area contributed by atoms with E-state index in [0.29, 0.717) is 9.79 Å². The number of fused-ring (bicyclic) bond motifs is 2. The zero-order valence-electron chi connectivity index (χ0n) is 11.8. The fourth-order valence-electron chi connectivity index (χ4n) is 2.16. The van der Waals surface area contributed by atoms with Crippen LogP contribution in [0.15, 0.2) is 41.5 Å². The van der Waals surface area contributed by atoms with Gasteiger partial charge in [0.1, 0.15) is 9.79 Å². The highest BCUT2D eigenvalue weighted by Crippen LogP contribution is 2.58. The van der Waals surface area contributed by atoms with Crippen LogP contribution in [-0.4, -0.2) is 25.9 Å². The van der Waals surface area contributed by atoms with Gasteiger partial charge in [-0.15, -0.1) is 0 Å². The van der Waals surface area contributed by atoms with E-state index in [4.69, 9.17) is 46.4 Å². The van der Waals surface area contributed by atoms with Crippen LogP contribution < -0.4 is 0 Å². The Morgan fingerprint density at radius 2 is 1.27 bits per heavy atom. The Morgan fingerprint density at radius 3 is 1.81 bits per heavy atom. The van der Waals surface area contributed by atoms with E-state index in [9.17, 15) is 25.9 Å². The molecule has 0 spiro atoms. The van der Waals surface area contributed by atoms with Crippen LogP contribution in [0, 0.1) is 0 Å². The molecule has 0 saturated heterocycles. The highest BCUT2D eigenvalue weighted by Gasteiger charge is 2.38. The molecule has 0 bridgehead atoms. The van der Waals surface area contributed by atoms with Crippen molar-refractivity contribution in [3.05, 3.63) is 32.2 Å². The maximum absolute atomic E-state index is 11.9. The SMILES string of the molecule is O=S(=O)(O)c1c(Cl)c(Cl)c2c(c1S(=O)(=O)O)Sc1ccc(Cl)c(Cl)c1S2.